The minimum atomic E-state index is -0.186. The molecule has 0 spiro atoms. The Hall–Kier alpha value is -1.43. The van der Waals surface area contributed by atoms with E-state index in [1.807, 2.05) is 62.2 Å². The summed E-state index contributed by atoms with van der Waals surface area (Å²) >= 11 is 0. The Balaban J connectivity index is -0.000000299. The van der Waals surface area contributed by atoms with E-state index in [9.17, 15) is 9.59 Å². The van der Waals surface area contributed by atoms with Gasteiger partial charge >= 0.3 is 0 Å². The van der Waals surface area contributed by atoms with Crippen LogP contribution in [0.25, 0.3) is 0 Å². The molecule has 0 rings (SSSR count). The van der Waals surface area contributed by atoms with E-state index in [1.165, 1.54) is 4.90 Å². The Morgan fingerprint density at radius 1 is 0.955 bits per heavy atom. The quantitative estimate of drug-likeness (QED) is 0.757. The van der Waals surface area contributed by atoms with Crippen molar-refractivity contribution in [1.29, 1.82) is 0 Å². The number of rotatable bonds is 5. The van der Waals surface area contributed by atoms with E-state index in [4.69, 9.17) is 9.90 Å². The molecule has 0 atom stereocenters. The molecule has 2 amide bonds. The smallest absolute Gasteiger partial charge is 0.227 e. The summed E-state index contributed by atoms with van der Waals surface area (Å²) in [6.07, 6.45) is 0. The fraction of sp³-hybridized carbons (Fsp3) is 0.812. The molecule has 22 heavy (non-hydrogen) atoms. The molecule has 0 radical (unpaired) electrons. The molecule has 6 heteroatoms. The SMILES string of the molecule is C=O.CC(C)C(=O)N(CO)C(C)C.CC(C)NC(=O)C(C)C. The average molecular weight is 318 g/mol. The molecule has 0 aromatic heterocycles. The fourth-order valence-electron chi connectivity index (χ4n) is 1.27. The van der Waals surface area contributed by atoms with Crippen LogP contribution in [-0.2, 0) is 14.4 Å². The summed E-state index contributed by atoms with van der Waals surface area (Å²) in [5, 5.41) is 11.6. The zero-order valence-electron chi connectivity index (χ0n) is 15.3. The Labute approximate surface area is 135 Å². The van der Waals surface area contributed by atoms with Crippen LogP contribution in [-0.4, -0.2) is 47.4 Å². The molecule has 0 aromatic carbocycles. The van der Waals surface area contributed by atoms with Gasteiger partial charge in [0.15, 0.2) is 0 Å². The topological polar surface area (TPSA) is 86.7 Å². The maximum Gasteiger partial charge on any atom is 0.227 e. The summed E-state index contributed by atoms with van der Waals surface area (Å²) in [5.41, 5.74) is 0. The molecule has 0 bridgehead atoms. The van der Waals surface area contributed by atoms with E-state index in [-0.39, 0.29) is 42.5 Å². The van der Waals surface area contributed by atoms with E-state index < -0.39 is 0 Å². The van der Waals surface area contributed by atoms with Crippen molar-refractivity contribution >= 4 is 18.6 Å². The molecule has 0 saturated carbocycles. The zero-order valence-corrected chi connectivity index (χ0v) is 15.3. The minimum Gasteiger partial charge on any atom is -0.376 e. The number of hydrogen-bond acceptors (Lipinski definition) is 4. The molecule has 6 nitrogen and oxygen atoms in total. The second kappa shape index (κ2) is 14.5. The van der Waals surface area contributed by atoms with Crippen molar-refractivity contribution < 1.29 is 19.5 Å². The van der Waals surface area contributed by atoms with Crippen LogP contribution >= 0.6 is 0 Å². The molecule has 0 unspecified atom stereocenters. The summed E-state index contributed by atoms with van der Waals surface area (Å²) in [7, 11) is 0. The second-order valence-electron chi connectivity index (χ2n) is 6.02. The molecule has 2 N–H and O–H groups in total. The van der Waals surface area contributed by atoms with E-state index in [0.717, 1.165) is 0 Å². The number of nitrogens with zero attached hydrogens (tertiary/aromatic N) is 1. The van der Waals surface area contributed by atoms with E-state index in [0.29, 0.717) is 0 Å². The van der Waals surface area contributed by atoms with Gasteiger partial charge in [0.2, 0.25) is 11.8 Å². The third kappa shape index (κ3) is 13.5. The monoisotopic (exact) mass is 318 g/mol. The summed E-state index contributed by atoms with van der Waals surface area (Å²) < 4.78 is 0. The van der Waals surface area contributed by atoms with Gasteiger partial charge in [-0.2, -0.15) is 0 Å². The van der Waals surface area contributed by atoms with Gasteiger partial charge in [-0.25, -0.2) is 0 Å². The van der Waals surface area contributed by atoms with Crippen LogP contribution in [0.15, 0.2) is 0 Å². The Bertz CT molecular complexity index is 303. The number of aliphatic hydroxyl groups is 1. The van der Waals surface area contributed by atoms with Gasteiger partial charge in [0, 0.05) is 23.9 Å². The number of hydrogen-bond donors (Lipinski definition) is 2. The maximum atomic E-state index is 11.3. The van der Waals surface area contributed by atoms with Crippen LogP contribution in [0.4, 0.5) is 0 Å². The first-order valence-corrected chi connectivity index (χ1v) is 7.55. The molecular formula is C16H34N2O4. The lowest BCUT2D eigenvalue weighted by Crippen LogP contribution is -2.40. The van der Waals surface area contributed by atoms with Gasteiger partial charge in [-0.1, -0.05) is 27.7 Å². The normalized spacial score (nSPS) is 9.86. The number of aliphatic hydroxyl groups excluding tert-OH is 1. The average Bonchev–Trinajstić information content (AvgIpc) is 2.41. The van der Waals surface area contributed by atoms with Gasteiger partial charge < -0.3 is 20.1 Å². The highest BCUT2D eigenvalue weighted by molar-refractivity contribution is 5.78. The van der Waals surface area contributed by atoms with E-state index in [1.54, 1.807) is 0 Å². The van der Waals surface area contributed by atoms with Crippen molar-refractivity contribution in [2.75, 3.05) is 6.73 Å². The first-order chi connectivity index (χ1) is 10.0. The molecule has 0 aliphatic carbocycles. The third-order valence-corrected chi connectivity index (χ3v) is 2.51. The summed E-state index contributed by atoms with van der Waals surface area (Å²) in [6.45, 7) is 16.9. The Kier molecular flexibility index (Phi) is 16.8. The standard InChI is InChI=1S/C8H17NO2.C7H15NO.CH2O/c1-6(2)8(11)9(5-10)7(3)4;1-5(2)7(9)8-6(3)4;1-2/h6-7,10H,5H2,1-4H3;5-6H,1-4H3,(H,8,9);1H2. The van der Waals surface area contributed by atoms with Gasteiger partial charge in [-0.15, -0.1) is 0 Å². The van der Waals surface area contributed by atoms with Gasteiger partial charge in [-0.05, 0) is 27.7 Å². The van der Waals surface area contributed by atoms with E-state index >= 15 is 0 Å². The van der Waals surface area contributed by atoms with Crippen molar-refractivity contribution in [2.24, 2.45) is 11.8 Å². The maximum absolute atomic E-state index is 11.3. The summed E-state index contributed by atoms with van der Waals surface area (Å²) in [4.78, 5) is 31.6. The van der Waals surface area contributed by atoms with Crippen molar-refractivity contribution in [3.05, 3.63) is 0 Å². The first kappa shape index (κ1) is 25.5. The molecule has 0 heterocycles. The molecule has 0 aliphatic heterocycles. The third-order valence-electron chi connectivity index (χ3n) is 2.51. The predicted octanol–water partition coefficient (Wildman–Crippen LogP) is 1.81. The molecular weight excluding hydrogens is 284 g/mol. The Morgan fingerprint density at radius 3 is 1.45 bits per heavy atom. The van der Waals surface area contributed by atoms with Crippen molar-refractivity contribution in [2.45, 2.75) is 67.5 Å². The highest BCUT2D eigenvalue weighted by atomic mass is 16.3. The number of carbonyl (C=O) groups is 3. The Morgan fingerprint density at radius 2 is 1.36 bits per heavy atom. The molecule has 0 aromatic rings. The minimum absolute atomic E-state index is 0.00231. The van der Waals surface area contributed by atoms with Crippen LogP contribution in [0.3, 0.4) is 0 Å². The van der Waals surface area contributed by atoms with Gasteiger partial charge in [0.25, 0.3) is 0 Å². The van der Waals surface area contributed by atoms with Gasteiger partial charge in [-0.3, -0.25) is 9.59 Å². The molecule has 0 saturated heterocycles. The summed E-state index contributed by atoms with van der Waals surface area (Å²) in [6, 6.07) is 0.342. The van der Waals surface area contributed by atoms with Crippen LogP contribution in [0.5, 0.6) is 0 Å². The van der Waals surface area contributed by atoms with Crippen molar-refractivity contribution in [3.8, 4) is 0 Å². The van der Waals surface area contributed by atoms with Crippen LogP contribution in [0.2, 0.25) is 0 Å². The van der Waals surface area contributed by atoms with Crippen LogP contribution in [0, 0.1) is 11.8 Å². The largest absolute Gasteiger partial charge is 0.376 e. The number of nitrogens with one attached hydrogen (secondary N) is 1. The highest BCUT2D eigenvalue weighted by Crippen LogP contribution is 2.04. The lowest BCUT2D eigenvalue weighted by atomic mass is 10.2. The predicted molar refractivity (Wildman–Crippen MR) is 89.1 cm³/mol. The molecule has 0 fully saturated rings. The van der Waals surface area contributed by atoms with Gasteiger partial charge in [0.1, 0.15) is 13.5 Å². The second-order valence-corrected chi connectivity index (χ2v) is 6.02. The summed E-state index contributed by atoms with van der Waals surface area (Å²) in [5.74, 6) is 0.199. The van der Waals surface area contributed by atoms with E-state index in [2.05, 4.69) is 5.32 Å². The highest BCUT2D eigenvalue weighted by Gasteiger charge is 2.18. The van der Waals surface area contributed by atoms with Crippen molar-refractivity contribution in [3.63, 3.8) is 0 Å². The van der Waals surface area contributed by atoms with Crippen molar-refractivity contribution in [1.82, 2.24) is 10.2 Å². The van der Waals surface area contributed by atoms with Gasteiger partial charge in [0.05, 0.1) is 0 Å². The number of amides is 2. The molecule has 0 aliphatic rings. The first-order valence-electron chi connectivity index (χ1n) is 7.55. The fourth-order valence-corrected chi connectivity index (χ4v) is 1.27. The van der Waals surface area contributed by atoms with Crippen LogP contribution in [0.1, 0.15) is 55.4 Å². The lowest BCUT2D eigenvalue weighted by molar-refractivity contribution is -0.140. The van der Waals surface area contributed by atoms with Crippen LogP contribution < -0.4 is 5.32 Å². The lowest BCUT2D eigenvalue weighted by Gasteiger charge is -2.25. The molecule has 132 valence electrons. The number of carbonyl (C=O) groups excluding carboxylic acids is 3. The zero-order chi connectivity index (χ0) is 18.5.